The van der Waals surface area contributed by atoms with Gasteiger partial charge in [-0.15, -0.1) is 0 Å². The number of aromatic hydroxyl groups is 1. The number of nitrogens with zero attached hydrogens (tertiary/aromatic N) is 1. The van der Waals surface area contributed by atoms with Crippen LogP contribution in [0.2, 0.25) is 0 Å². The first-order chi connectivity index (χ1) is 13.2. The highest BCUT2D eigenvalue weighted by Crippen LogP contribution is 2.31. The normalized spacial score (nSPS) is 15.2. The summed E-state index contributed by atoms with van der Waals surface area (Å²) in [6.07, 6.45) is 1.85. The van der Waals surface area contributed by atoms with Crippen molar-refractivity contribution in [3.05, 3.63) is 77.4 Å². The Morgan fingerprint density at radius 3 is 2.41 bits per heavy atom. The summed E-state index contributed by atoms with van der Waals surface area (Å²) >= 11 is 0. The first-order valence-corrected chi connectivity index (χ1v) is 9.45. The first-order valence-electron chi connectivity index (χ1n) is 9.45. The zero-order chi connectivity index (χ0) is 18.8. The van der Waals surface area contributed by atoms with Gasteiger partial charge in [0.15, 0.2) is 0 Å². The molecule has 0 aliphatic carbocycles. The van der Waals surface area contributed by atoms with E-state index in [1.807, 2.05) is 35.2 Å². The number of hydrogen-bond acceptors (Lipinski definition) is 3. The first kappa shape index (κ1) is 17.6. The summed E-state index contributed by atoms with van der Waals surface area (Å²) in [5, 5.41) is 12.2. The molecule has 1 amide bonds. The lowest BCUT2D eigenvalue weighted by Gasteiger charge is -2.32. The van der Waals surface area contributed by atoms with Crippen LogP contribution in [-0.4, -0.2) is 29.0 Å². The zero-order valence-corrected chi connectivity index (χ0v) is 15.3. The average Bonchev–Trinajstić information content (AvgIpc) is 2.73. The average molecular weight is 360 g/mol. The second-order valence-electron chi connectivity index (χ2n) is 7.23. The van der Waals surface area contributed by atoms with E-state index in [2.05, 4.69) is 18.2 Å². The molecule has 0 bridgehead atoms. The van der Waals surface area contributed by atoms with Gasteiger partial charge >= 0.3 is 0 Å². The molecule has 0 aromatic heterocycles. The van der Waals surface area contributed by atoms with Gasteiger partial charge in [-0.05, 0) is 52.8 Å². The van der Waals surface area contributed by atoms with E-state index in [-0.39, 0.29) is 11.7 Å². The molecule has 27 heavy (non-hydrogen) atoms. The van der Waals surface area contributed by atoms with E-state index in [0.29, 0.717) is 31.1 Å². The number of nitrogens with two attached hydrogens (primary N) is 1. The molecule has 0 radical (unpaired) electrons. The number of carbonyl (C=O) groups excluding carboxylic acids is 1. The van der Waals surface area contributed by atoms with Crippen molar-refractivity contribution < 1.29 is 9.90 Å². The number of rotatable bonds is 3. The molecule has 1 saturated heterocycles. The smallest absolute Gasteiger partial charge is 0.257 e. The van der Waals surface area contributed by atoms with Crippen molar-refractivity contribution in [1.29, 1.82) is 0 Å². The molecular formula is C23H24N2O2. The van der Waals surface area contributed by atoms with Crippen LogP contribution in [0, 0.1) is 0 Å². The summed E-state index contributed by atoms with van der Waals surface area (Å²) in [6, 6.07) is 19.7. The van der Waals surface area contributed by atoms with Gasteiger partial charge in [0.25, 0.3) is 5.91 Å². The predicted molar refractivity (Wildman–Crippen MR) is 108 cm³/mol. The van der Waals surface area contributed by atoms with Gasteiger partial charge < -0.3 is 15.7 Å². The highest BCUT2D eigenvalue weighted by molar-refractivity contribution is 6.01. The molecule has 138 valence electrons. The van der Waals surface area contributed by atoms with Crippen molar-refractivity contribution in [3.63, 3.8) is 0 Å². The van der Waals surface area contributed by atoms with Crippen LogP contribution in [0.3, 0.4) is 0 Å². The highest BCUT2D eigenvalue weighted by Gasteiger charge is 2.26. The van der Waals surface area contributed by atoms with E-state index in [4.69, 9.17) is 5.73 Å². The summed E-state index contributed by atoms with van der Waals surface area (Å²) in [7, 11) is 0. The van der Waals surface area contributed by atoms with Crippen LogP contribution in [0.25, 0.3) is 10.8 Å². The Morgan fingerprint density at radius 2 is 1.70 bits per heavy atom. The number of carbonyl (C=O) groups is 1. The summed E-state index contributed by atoms with van der Waals surface area (Å²) in [5.41, 5.74) is 8.59. The third kappa shape index (κ3) is 3.53. The Morgan fingerprint density at radius 1 is 1.00 bits per heavy atom. The quantitative estimate of drug-likeness (QED) is 0.741. The van der Waals surface area contributed by atoms with Gasteiger partial charge in [0.2, 0.25) is 0 Å². The number of hydrogen-bond donors (Lipinski definition) is 2. The number of phenolic OH excluding ortho intramolecular Hbond substituents is 1. The van der Waals surface area contributed by atoms with Crippen molar-refractivity contribution in [2.45, 2.75) is 25.3 Å². The van der Waals surface area contributed by atoms with Crippen LogP contribution in [0.15, 0.2) is 60.7 Å². The van der Waals surface area contributed by atoms with Gasteiger partial charge in [-0.25, -0.2) is 0 Å². The van der Waals surface area contributed by atoms with Crippen LogP contribution in [0.5, 0.6) is 5.75 Å². The summed E-state index contributed by atoms with van der Waals surface area (Å²) in [6.45, 7) is 1.94. The maximum atomic E-state index is 13.0. The molecule has 3 aromatic carbocycles. The van der Waals surface area contributed by atoms with E-state index in [1.54, 1.807) is 12.1 Å². The Bertz CT molecular complexity index is 975. The van der Waals surface area contributed by atoms with Crippen LogP contribution in [0.1, 0.15) is 40.2 Å². The van der Waals surface area contributed by atoms with Gasteiger partial charge in [-0.3, -0.25) is 4.79 Å². The minimum atomic E-state index is -0.0904. The number of piperidine rings is 1. The highest BCUT2D eigenvalue weighted by atomic mass is 16.3. The zero-order valence-electron chi connectivity index (χ0n) is 15.3. The van der Waals surface area contributed by atoms with Gasteiger partial charge in [0.05, 0.1) is 5.56 Å². The fourth-order valence-corrected chi connectivity index (χ4v) is 3.96. The van der Waals surface area contributed by atoms with Gasteiger partial charge in [-0.1, -0.05) is 48.5 Å². The maximum Gasteiger partial charge on any atom is 0.257 e. The number of likely N-dealkylation sites (tertiary alicyclic amines) is 1. The number of benzene rings is 3. The molecule has 0 unspecified atom stereocenters. The fraction of sp³-hybridized carbons (Fsp3) is 0.261. The monoisotopic (exact) mass is 360 g/mol. The van der Waals surface area contributed by atoms with E-state index >= 15 is 0 Å². The van der Waals surface area contributed by atoms with Gasteiger partial charge in [0.1, 0.15) is 5.75 Å². The minimum Gasteiger partial charge on any atom is -0.507 e. The molecule has 0 spiro atoms. The summed E-state index contributed by atoms with van der Waals surface area (Å²) in [4.78, 5) is 14.8. The van der Waals surface area contributed by atoms with E-state index in [0.717, 1.165) is 29.2 Å². The molecule has 1 heterocycles. The molecule has 3 N–H and O–H groups in total. The molecule has 0 atom stereocenters. The molecule has 1 aliphatic rings. The lowest BCUT2D eigenvalue weighted by molar-refractivity contribution is 0.0710. The molecule has 1 aliphatic heterocycles. The standard InChI is InChI=1S/C23H24N2O2/c24-15-16-4-3-7-18(12-16)17-8-10-25(11-9-17)23(27)21-13-19-5-1-2-6-20(19)14-22(21)26/h1-7,12-14,17,26H,8-11,15,24H2. The van der Waals surface area contributed by atoms with E-state index in [1.165, 1.54) is 5.56 Å². The number of phenols is 1. The Balaban J connectivity index is 1.49. The predicted octanol–water partition coefficient (Wildman–Crippen LogP) is 4.02. The minimum absolute atomic E-state index is 0.0523. The van der Waals surface area contributed by atoms with E-state index < -0.39 is 0 Å². The second-order valence-corrected chi connectivity index (χ2v) is 7.23. The Labute approximate surface area is 159 Å². The van der Waals surface area contributed by atoms with Crippen molar-refractivity contribution >= 4 is 16.7 Å². The largest absolute Gasteiger partial charge is 0.507 e. The molecule has 3 aromatic rings. The topological polar surface area (TPSA) is 66.6 Å². The SMILES string of the molecule is NCc1cccc(C2CCN(C(=O)c3cc4ccccc4cc3O)CC2)c1. The maximum absolute atomic E-state index is 13.0. The third-order valence-electron chi connectivity index (χ3n) is 5.53. The summed E-state index contributed by atoms with van der Waals surface area (Å²) < 4.78 is 0. The lowest BCUT2D eigenvalue weighted by Crippen LogP contribution is -2.38. The van der Waals surface area contributed by atoms with Gasteiger partial charge in [-0.2, -0.15) is 0 Å². The van der Waals surface area contributed by atoms with Crippen molar-refractivity contribution in [1.82, 2.24) is 4.90 Å². The van der Waals surface area contributed by atoms with Crippen molar-refractivity contribution in [3.8, 4) is 5.75 Å². The molecule has 4 nitrogen and oxygen atoms in total. The van der Waals surface area contributed by atoms with Crippen molar-refractivity contribution in [2.75, 3.05) is 13.1 Å². The Kier molecular flexibility index (Phi) is 4.82. The van der Waals surface area contributed by atoms with Gasteiger partial charge in [0, 0.05) is 19.6 Å². The van der Waals surface area contributed by atoms with Crippen LogP contribution in [0.4, 0.5) is 0 Å². The fourth-order valence-electron chi connectivity index (χ4n) is 3.96. The number of amides is 1. The van der Waals surface area contributed by atoms with E-state index in [9.17, 15) is 9.90 Å². The Hall–Kier alpha value is -2.85. The second kappa shape index (κ2) is 7.41. The third-order valence-corrected chi connectivity index (χ3v) is 5.53. The van der Waals surface area contributed by atoms with Crippen molar-refractivity contribution in [2.24, 2.45) is 5.73 Å². The number of fused-ring (bicyclic) bond motifs is 1. The molecular weight excluding hydrogens is 336 g/mol. The summed E-state index contributed by atoms with van der Waals surface area (Å²) in [5.74, 6) is 0.412. The lowest BCUT2D eigenvalue weighted by atomic mass is 9.88. The van der Waals surface area contributed by atoms with Crippen LogP contribution in [-0.2, 0) is 6.54 Å². The molecule has 4 rings (SSSR count). The van der Waals surface area contributed by atoms with Crippen LogP contribution >= 0.6 is 0 Å². The molecule has 4 heteroatoms. The molecule has 1 fully saturated rings. The molecule has 0 saturated carbocycles. The van der Waals surface area contributed by atoms with Crippen LogP contribution < -0.4 is 5.73 Å².